The lowest BCUT2D eigenvalue weighted by molar-refractivity contribution is 0.542. The van der Waals surface area contributed by atoms with Crippen molar-refractivity contribution in [1.82, 2.24) is 0 Å². The molecular formula is C19H22. The number of benzene rings is 2. The molecule has 0 fully saturated rings. The molecule has 2 aromatic rings. The molecule has 0 saturated carbocycles. The van der Waals surface area contributed by atoms with E-state index >= 15 is 0 Å². The van der Waals surface area contributed by atoms with E-state index in [9.17, 15) is 0 Å². The number of rotatable bonds is 4. The molecule has 0 saturated heterocycles. The van der Waals surface area contributed by atoms with Gasteiger partial charge in [0.15, 0.2) is 0 Å². The monoisotopic (exact) mass is 250 g/mol. The van der Waals surface area contributed by atoms with Crippen LogP contribution in [0.4, 0.5) is 0 Å². The van der Waals surface area contributed by atoms with E-state index in [1.54, 1.807) is 0 Å². The summed E-state index contributed by atoms with van der Waals surface area (Å²) in [7, 11) is 0. The van der Waals surface area contributed by atoms with Crippen molar-refractivity contribution >= 4 is 5.57 Å². The zero-order chi connectivity index (χ0) is 13.9. The first-order chi connectivity index (χ1) is 8.99. The Bertz CT molecular complexity index is 544. The maximum Gasteiger partial charge on any atom is -0.00632 e. The highest BCUT2D eigenvalue weighted by Gasteiger charge is 2.21. The summed E-state index contributed by atoms with van der Waals surface area (Å²) in [6.07, 6.45) is 0.972. The summed E-state index contributed by atoms with van der Waals surface area (Å²) in [5.74, 6) is 0. The molecule has 0 unspecified atom stereocenters. The van der Waals surface area contributed by atoms with Gasteiger partial charge in [-0.1, -0.05) is 80.6 Å². The van der Waals surface area contributed by atoms with E-state index in [0.29, 0.717) is 0 Å². The number of allylic oxidation sites excluding steroid dienone is 1. The number of aryl methyl sites for hydroxylation is 1. The van der Waals surface area contributed by atoms with E-state index in [1.165, 1.54) is 22.3 Å². The van der Waals surface area contributed by atoms with Gasteiger partial charge in [-0.25, -0.2) is 0 Å². The molecule has 0 heteroatoms. The fourth-order valence-electron chi connectivity index (χ4n) is 2.42. The van der Waals surface area contributed by atoms with E-state index in [-0.39, 0.29) is 5.41 Å². The van der Waals surface area contributed by atoms with Gasteiger partial charge >= 0.3 is 0 Å². The summed E-state index contributed by atoms with van der Waals surface area (Å²) in [5, 5.41) is 0. The molecule has 2 rings (SSSR count). The first-order valence-corrected chi connectivity index (χ1v) is 6.79. The molecule has 98 valence electrons. The number of hydrogen-bond donors (Lipinski definition) is 0. The molecule has 0 aromatic heterocycles. The van der Waals surface area contributed by atoms with Crippen LogP contribution in [0.3, 0.4) is 0 Å². The van der Waals surface area contributed by atoms with Crippen molar-refractivity contribution in [1.29, 1.82) is 0 Å². The molecule has 0 atom stereocenters. The van der Waals surface area contributed by atoms with E-state index < -0.39 is 0 Å². The average Bonchev–Trinajstić information content (AvgIpc) is 2.40. The highest BCUT2D eigenvalue weighted by Crippen LogP contribution is 2.33. The third-order valence-electron chi connectivity index (χ3n) is 3.67. The third kappa shape index (κ3) is 3.35. The van der Waals surface area contributed by atoms with Crippen molar-refractivity contribution in [2.24, 2.45) is 0 Å². The van der Waals surface area contributed by atoms with Gasteiger partial charge < -0.3 is 0 Å². The largest absolute Gasteiger partial charge is 0.0952 e. The van der Waals surface area contributed by atoms with Gasteiger partial charge in [0.25, 0.3) is 0 Å². The molecule has 0 aliphatic carbocycles. The summed E-state index contributed by atoms with van der Waals surface area (Å²) in [6.45, 7) is 10.9. The molecule has 2 aromatic carbocycles. The molecule has 0 aliphatic heterocycles. The standard InChI is InChI=1S/C19H22/c1-15-10-12-17(13-11-15)16(2)14-19(3,4)18-8-6-5-7-9-18/h5-13H,2,14H2,1,3-4H3. The van der Waals surface area contributed by atoms with Gasteiger partial charge in [0.2, 0.25) is 0 Å². The zero-order valence-corrected chi connectivity index (χ0v) is 12.1. The third-order valence-corrected chi connectivity index (χ3v) is 3.67. The topological polar surface area (TPSA) is 0 Å². The summed E-state index contributed by atoms with van der Waals surface area (Å²) >= 11 is 0. The van der Waals surface area contributed by atoms with Gasteiger partial charge in [0.05, 0.1) is 0 Å². The van der Waals surface area contributed by atoms with Crippen LogP contribution in [0, 0.1) is 6.92 Å². The minimum atomic E-state index is 0.114. The van der Waals surface area contributed by atoms with E-state index in [1.807, 2.05) is 0 Å². The molecule has 0 bridgehead atoms. The highest BCUT2D eigenvalue weighted by molar-refractivity contribution is 5.64. The lowest BCUT2D eigenvalue weighted by Crippen LogP contribution is -2.17. The minimum Gasteiger partial charge on any atom is -0.0952 e. The minimum absolute atomic E-state index is 0.114. The van der Waals surface area contributed by atoms with Gasteiger partial charge in [-0.2, -0.15) is 0 Å². The summed E-state index contributed by atoms with van der Waals surface area (Å²) in [4.78, 5) is 0. The van der Waals surface area contributed by atoms with Crippen molar-refractivity contribution in [3.8, 4) is 0 Å². The summed E-state index contributed by atoms with van der Waals surface area (Å²) < 4.78 is 0. The predicted molar refractivity (Wildman–Crippen MR) is 84.3 cm³/mol. The molecule has 0 radical (unpaired) electrons. The molecule has 0 nitrogen and oxygen atoms in total. The quantitative estimate of drug-likeness (QED) is 0.683. The van der Waals surface area contributed by atoms with Crippen LogP contribution in [-0.4, -0.2) is 0 Å². The average molecular weight is 250 g/mol. The van der Waals surface area contributed by atoms with Gasteiger partial charge in [-0.05, 0) is 35.5 Å². The Morgan fingerprint density at radius 3 is 2.11 bits per heavy atom. The molecule has 0 aliphatic rings. The van der Waals surface area contributed by atoms with E-state index in [0.717, 1.165) is 6.42 Å². The van der Waals surface area contributed by atoms with Crippen molar-refractivity contribution in [2.45, 2.75) is 32.6 Å². The first-order valence-electron chi connectivity index (χ1n) is 6.79. The van der Waals surface area contributed by atoms with Crippen LogP contribution in [0.15, 0.2) is 61.2 Å². The Balaban J connectivity index is 2.16. The van der Waals surface area contributed by atoms with Crippen LogP contribution in [0.25, 0.3) is 5.57 Å². The number of hydrogen-bond acceptors (Lipinski definition) is 0. The van der Waals surface area contributed by atoms with Crippen molar-refractivity contribution < 1.29 is 0 Å². The second-order valence-corrected chi connectivity index (χ2v) is 5.90. The Kier molecular flexibility index (Phi) is 3.90. The van der Waals surface area contributed by atoms with Crippen LogP contribution < -0.4 is 0 Å². The van der Waals surface area contributed by atoms with Crippen LogP contribution in [0.1, 0.15) is 37.0 Å². The van der Waals surface area contributed by atoms with Crippen molar-refractivity contribution in [3.63, 3.8) is 0 Å². The summed E-state index contributed by atoms with van der Waals surface area (Å²) in [5.41, 5.74) is 5.22. The summed E-state index contributed by atoms with van der Waals surface area (Å²) in [6, 6.07) is 19.3. The van der Waals surface area contributed by atoms with E-state index in [2.05, 4.69) is 81.9 Å². The molecule has 0 spiro atoms. The maximum absolute atomic E-state index is 4.27. The first kappa shape index (κ1) is 13.6. The second kappa shape index (κ2) is 5.44. The lowest BCUT2D eigenvalue weighted by atomic mass is 9.78. The van der Waals surface area contributed by atoms with Crippen LogP contribution in [0.5, 0.6) is 0 Å². The van der Waals surface area contributed by atoms with Crippen molar-refractivity contribution in [3.05, 3.63) is 77.9 Å². The Morgan fingerprint density at radius 2 is 1.53 bits per heavy atom. The van der Waals surface area contributed by atoms with E-state index in [4.69, 9.17) is 0 Å². The van der Waals surface area contributed by atoms with Crippen molar-refractivity contribution in [2.75, 3.05) is 0 Å². The molecule has 19 heavy (non-hydrogen) atoms. The maximum atomic E-state index is 4.27. The van der Waals surface area contributed by atoms with Gasteiger partial charge in [-0.3, -0.25) is 0 Å². The zero-order valence-electron chi connectivity index (χ0n) is 12.1. The van der Waals surface area contributed by atoms with Crippen LogP contribution in [-0.2, 0) is 5.41 Å². The Morgan fingerprint density at radius 1 is 0.947 bits per heavy atom. The van der Waals surface area contributed by atoms with Crippen LogP contribution in [0.2, 0.25) is 0 Å². The Labute approximate surface area is 116 Å². The fourth-order valence-corrected chi connectivity index (χ4v) is 2.42. The fraction of sp³-hybridized carbons (Fsp3) is 0.263. The molecule has 0 amide bonds. The molecular weight excluding hydrogens is 228 g/mol. The van der Waals surface area contributed by atoms with Gasteiger partial charge in [0.1, 0.15) is 0 Å². The second-order valence-electron chi connectivity index (χ2n) is 5.90. The predicted octanol–water partition coefficient (Wildman–Crippen LogP) is 5.38. The normalized spacial score (nSPS) is 11.3. The lowest BCUT2D eigenvalue weighted by Gasteiger charge is -2.26. The SMILES string of the molecule is C=C(CC(C)(C)c1ccccc1)c1ccc(C)cc1. The Hall–Kier alpha value is -1.82. The van der Waals surface area contributed by atoms with Gasteiger partial charge in [0, 0.05) is 0 Å². The van der Waals surface area contributed by atoms with Crippen LogP contribution >= 0.6 is 0 Å². The van der Waals surface area contributed by atoms with Gasteiger partial charge in [-0.15, -0.1) is 0 Å². The molecule has 0 heterocycles. The molecule has 0 N–H and O–H groups in total. The smallest absolute Gasteiger partial charge is 0.00632 e. The highest BCUT2D eigenvalue weighted by atomic mass is 14.3.